The number of hydrogen-bond donors (Lipinski definition) is 0. The van der Waals surface area contributed by atoms with E-state index in [1.165, 1.54) is 12.1 Å². The second-order valence-electron chi connectivity index (χ2n) is 6.01. The molecule has 1 aliphatic heterocycles. The Morgan fingerprint density at radius 3 is 2.57 bits per heavy atom. The molecule has 0 radical (unpaired) electrons. The second kappa shape index (κ2) is 8.26. The van der Waals surface area contributed by atoms with E-state index in [-0.39, 0.29) is 17.2 Å². The Balaban J connectivity index is 1.91. The normalized spacial score (nSPS) is 17.4. The van der Waals surface area contributed by atoms with Crippen LogP contribution in [-0.2, 0) is 19.6 Å². The first-order valence-electron chi connectivity index (χ1n) is 8.66. The van der Waals surface area contributed by atoms with Crippen molar-refractivity contribution >= 4 is 38.9 Å². The summed E-state index contributed by atoms with van der Waals surface area (Å²) in [5.41, 5.74) is 0.382. The van der Waals surface area contributed by atoms with E-state index in [4.69, 9.17) is 4.74 Å². The number of sulfonamides is 1. The van der Waals surface area contributed by atoms with Gasteiger partial charge in [0.05, 0.1) is 18.7 Å². The average Bonchev–Trinajstić information content (AvgIpc) is 3.30. The lowest BCUT2D eigenvalue weighted by atomic mass is 10.2. The lowest BCUT2D eigenvalue weighted by molar-refractivity contribution is -0.122. The average molecular weight is 421 g/mol. The van der Waals surface area contributed by atoms with Crippen LogP contribution in [0.1, 0.15) is 13.3 Å². The first-order chi connectivity index (χ1) is 13.4. The SMILES string of the molecule is C=CCN(C1CC(=O)N(c2ccc(OCC)cc2)C1=O)S(=O)(=O)c1cccs1. The van der Waals surface area contributed by atoms with Crippen LogP contribution in [0.25, 0.3) is 0 Å². The molecule has 1 aliphatic rings. The molecule has 0 spiro atoms. The monoisotopic (exact) mass is 420 g/mol. The number of thiophene rings is 1. The number of carbonyl (C=O) groups excluding carboxylic acids is 2. The van der Waals surface area contributed by atoms with E-state index < -0.39 is 27.9 Å². The Bertz CT molecular complexity index is 968. The van der Waals surface area contributed by atoms with Crippen molar-refractivity contribution in [3.8, 4) is 5.75 Å². The molecule has 1 aromatic carbocycles. The van der Waals surface area contributed by atoms with E-state index in [1.54, 1.807) is 35.7 Å². The molecular weight excluding hydrogens is 400 g/mol. The molecule has 1 unspecified atom stereocenters. The van der Waals surface area contributed by atoms with Gasteiger partial charge in [-0.25, -0.2) is 13.3 Å². The summed E-state index contributed by atoms with van der Waals surface area (Å²) in [5.74, 6) is -0.402. The molecule has 2 aromatic rings. The van der Waals surface area contributed by atoms with Gasteiger partial charge in [0.25, 0.3) is 15.9 Å². The van der Waals surface area contributed by atoms with Crippen LogP contribution in [0.5, 0.6) is 5.75 Å². The van der Waals surface area contributed by atoms with E-state index in [9.17, 15) is 18.0 Å². The molecule has 1 saturated heterocycles. The van der Waals surface area contributed by atoms with Crippen molar-refractivity contribution in [3.63, 3.8) is 0 Å². The van der Waals surface area contributed by atoms with Gasteiger partial charge in [-0.1, -0.05) is 12.1 Å². The Hall–Kier alpha value is -2.49. The summed E-state index contributed by atoms with van der Waals surface area (Å²) < 4.78 is 32.5. The third kappa shape index (κ3) is 3.73. The van der Waals surface area contributed by atoms with Gasteiger partial charge in [0, 0.05) is 6.54 Å². The zero-order chi connectivity index (χ0) is 20.3. The summed E-state index contributed by atoms with van der Waals surface area (Å²) in [6.07, 6.45) is 1.19. The number of rotatable bonds is 8. The number of imide groups is 1. The van der Waals surface area contributed by atoms with Crippen molar-refractivity contribution in [1.82, 2.24) is 4.31 Å². The van der Waals surface area contributed by atoms with Crippen LogP contribution in [0.15, 0.2) is 58.6 Å². The maximum Gasteiger partial charge on any atom is 0.253 e. The standard InChI is InChI=1S/C19H20N2O5S2/c1-3-11-20(28(24,25)18-6-5-12-27-18)16-13-17(22)21(19(16)23)14-7-9-15(10-8-14)26-4-2/h3,5-10,12,16H,1,4,11,13H2,2H3. The number of amides is 2. The highest BCUT2D eigenvalue weighted by atomic mass is 32.2. The van der Waals surface area contributed by atoms with Crippen molar-refractivity contribution in [3.05, 3.63) is 54.4 Å². The fourth-order valence-corrected chi connectivity index (χ4v) is 5.69. The molecule has 148 valence electrons. The molecule has 1 atom stereocenters. The van der Waals surface area contributed by atoms with Crippen LogP contribution < -0.4 is 9.64 Å². The lowest BCUT2D eigenvalue weighted by Crippen LogP contribution is -2.45. The van der Waals surface area contributed by atoms with E-state index >= 15 is 0 Å². The largest absolute Gasteiger partial charge is 0.494 e. The molecule has 9 heteroatoms. The second-order valence-corrected chi connectivity index (χ2v) is 9.07. The molecule has 1 fully saturated rings. The quantitative estimate of drug-likeness (QED) is 0.484. The van der Waals surface area contributed by atoms with Gasteiger partial charge in [0.15, 0.2) is 0 Å². The minimum Gasteiger partial charge on any atom is -0.494 e. The lowest BCUT2D eigenvalue weighted by Gasteiger charge is -2.25. The minimum atomic E-state index is -3.92. The van der Waals surface area contributed by atoms with Gasteiger partial charge < -0.3 is 4.74 Å². The van der Waals surface area contributed by atoms with Crippen LogP contribution in [0.2, 0.25) is 0 Å². The first kappa shape index (κ1) is 20.2. The summed E-state index contributed by atoms with van der Waals surface area (Å²) in [5, 5.41) is 1.65. The molecule has 0 saturated carbocycles. The van der Waals surface area contributed by atoms with Crippen LogP contribution in [0.4, 0.5) is 5.69 Å². The Morgan fingerprint density at radius 2 is 2.00 bits per heavy atom. The highest BCUT2D eigenvalue weighted by Gasteiger charge is 2.46. The molecule has 28 heavy (non-hydrogen) atoms. The van der Waals surface area contributed by atoms with Crippen molar-refractivity contribution in [2.24, 2.45) is 0 Å². The maximum absolute atomic E-state index is 13.0. The third-order valence-corrected chi connectivity index (χ3v) is 7.49. The van der Waals surface area contributed by atoms with E-state index in [0.29, 0.717) is 18.0 Å². The Morgan fingerprint density at radius 1 is 1.29 bits per heavy atom. The highest BCUT2D eigenvalue weighted by molar-refractivity contribution is 7.91. The third-order valence-electron chi connectivity index (χ3n) is 4.24. The number of benzene rings is 1. The van der Waals surface area contributed by atoms with Gasteiger partial charge in [-0.15, -0.1) is 17.9 Å². The molecule has 0 aliphatic carbocycles. The predicted octanol–water partition coefficient (Wildman–Crippen LogP) is 2.66. The maximum atomic E-state index is 13.0. The number of anilines is 1. The van der Waals surface area contributed by atoms with Crippen LogP contribution in [0.3, 0.4) is 0 Å². The molecular formula is C19H20N2O5S2. The zero-order valence-corrected chi connectivity index (χ0v) is 16.9. The highest BCUT2D eigenvalue weighted by Crippen LogP contribution is 2.31. The molecule has 7 nitrogen and oxygen atoms in total. The molecule has 3 rings (SSSR count). The van der Waals surface area contributed by atoms with Gasteiger partial charge in [-0.3, -0.25) is 9.59 Å². The number of ether oxygens (including phenoxy) is 1. The van der Waals surface area contributed by atoms with Crippen molar-refractivity contribution in [1.29, 1.82) is 0 Å². The van der Waals surface area contributed by atoms with E-state index in [1.807, 2.05) is 6.92 Å². The molecule has 2 amide bonds. The van der Waals surface area contributed by atoms with Gasteiger partial charge in [0.1, 0.15) is 16.0 Å². The summed E-state index contributed by atoms with van der Waals surface area (Å²) >= 11 is 1.06. The Kier molecular flexibility index (Phi) is 5.97. The molecule has 2 heterocycles. The topological polar surface area (TPSA) is 84.0 Å². The molecule has 0 N–H and O–H groups in total. The Labute approximate surface area is 167 Å². The summed E-state index contributed by atoms with van der Waals surface area (Å²) in [6.45, 7) is 5.88. The van der Waals surface area contributed by atoms with Gasteiger partial charge in [-0.05, 0) is 42.6 Å². The molecule has 1 aromatic heterocycles. The van der Waals surface area contributed by atoms with Crippen molar-refractivity contribution in [2.45, 2.75) is 23.6 Å². The first-order valence-corrected chi connectivity index (χ1v) is 11.0. The van der Waals surface area contributed by atoms with Crippen LogP contribution >= 0.6 is 11.3 Å². The van der Waals surface area contributed by atoms with Gasteiger partial charge >= 0.3 is 0 Å². The van der Waals surface area contributed by atoms with Gasteiger partial charge in [-0.2, -0.15) is 4.31 Å². The summed E-state index contributed by atoms with van der Waals surface area (Å²) in [7, 11) is -3.92. The van der Waals surface area contributed by atoms with Gasteiger partial charge in [0.2, 0.25) is 5.91 Å². The number of carbonyl (C=O) groups is 2. The van der Waals surface area contributed by atoms with Crippen molar-refractivity contribution in [2.75, 3.05) is 18.1 Å². The number of nitrogens with zero attached hydrogens (tertiary/aromatic N) is 2. The molecule has 0 bridgehead atoms. The number of hydrogen-bond acceptors (Lipinski definition) is 6. The van der Waals surface area contributed by atoms with E-state index in [0.717, 1.165) is 20.5 Å². The predicted molar refractivity (Wildman–Crippen MR) is 107 cm³/mol. The van der Waals surface area contributed by atoms with Crippen LogP contribution in [0, 0.1) is 0 Å². The summed E-state index contributed by atoms with van der Waals surface area (Å²) in [6, 6.07) is 8.53. The minimum absolute atomic E-state index is 0.0684. The van der Waals surface area contributed by atoms with E-state index in [2.05, 4.69) is 6.58 Å². The fourth-order valence-electron chi connectivity index (χ4n) is 3.02. The van der Waals surface area contributed by atoms with Crippen LogP contribution in [-0.4, -0.2) is 43.7 Å². The summed E-state index contributed by atoms with van der Waals surface area (Å²) in [4.78, 5) is 26.6. The smallest absolute Gasteiger partial charge is 0.253 e. The fraction of sp³-hybridized carbons (Fsp3) is 0.263. The zero-order valence-electron chi connectivity index (χ0n) is 15.3. The van der Waals surface area contributed by atoms with Crippen molar-refractivity contribution < 1.29 is 22.7 Å².